The molecule has 0 saturated carbocycles. The lowest BCUT2D eigenvalue weighted by molar-refractivity contribution is -0.573. The second-order valence-corrected chi connectivity index (χ2v) is 1.49. The van der Waals surface area contributed by atoms with Crippen LogP contribution in [0.25, 0.3) is 0 Å². The summed E-state index contributed by atoms with van der Waals surface area (Å²) in [4.78, 5) is 27.0. The van der Waals surface area contributed by atoms with Crippen LogP contribution < -0.4 is 0 Å². The molecule has 0 saturated heterocycles. The molecule has 0 aliphatic heterocycles. The van der Waals surface area contributed by atoms with Crippen LogP contribution in [-0.4, -0.2) is 32.9 Å². The molecule has 0 spiro atoms. The molecule has 2 N–H and O–H groups in total. The maximum absolute atomic E-state index is 12.3. The monoisotopic (exact) mass is 167 g/mol. The fourth-order valence-electron chi connectivity index (χ4n) is 0.248. The molecule has 0 heterocycles. The van der Waals surface area contributed by atoms with Gasteiger partial charge >= 0.3 is 17.7 Å². The molecule has 0 unspecified atom stereocenters. The summed E-state index contributed by atoms with van der Waals surface area (Å²) in [5.41, 5.74) is 0. The van der Waals surface area contributed by atoms with Gasteiger partial charge in [0.15, 0.2) is 0 Å². The van der Waals surface area contributed by atoms with E-state index in [9.17, 15) is 24.1 Å². The van der Waals surface area contributed by atoms with Crippen molar-refractivity contribution in [3.8, 4) is 0 Å². The quantitative estimate of drug-likeness (QED) is 0.243. The number of aliphatic carboxylic acids is 2. The van der Waals surface area contributed by atoms with Crippen LogP contribution in [0, 0.1) is 10.1 Å². The molecule has 0 bridgehead atoms. The van der Waals surface area contributed by atoms with Gasteiger partial charge in [0.25, 0.3) is 0 Å². The number of rotatable bonds is 3. The molecule has 11 heavy (non-hydrogen) atoms. The van der Waals surface area contributed by atoms with E-state index in [2.05, 4.69) is 0 Å². The predicted molar refractivity (Wildman–Crippen MR) is 26.1 cm³/mol. The fourth-order valence-corrected chi connectivity index (χ4v) is 0.248. The molecule has 62 valence electrons. The van der Waals surface area contributed by atoms with Crippen LogP contribution in [0.4, 0.5) is 4.39 Å². The molecule has 0 aromatic heterocycles. The second-order valence-electron chi connectivity index (χ2n) is 1.49. The molecule has 0 atom stereocenters. The van der Waals surface area contributed by atoms with Gasteiger partial charge in [0.05, 0.1) is 4.92 Å². The Hall–Kier alpha value is -1.73. The number of carboxylic acids is 2. The molecular formula is C3H2FNO6. The number of carboxylic acid groups (broad SMARTS) is 2. The molecule has 7 nitrogen and oxygen atoms in total. The highest BCUT2D eigenvalue weighted by molar-refractivity contribution is 5.99. The number of nitro groups is 1. The van der Waals surface area contributed by atoms with Crippen LogP contribution >= 0.6 is 0 Å². The van der Waals surface area contributed by atoms with Crippen molar-refractivity contribution in [2.75, 3.05) is 0 Å². The summed E-state index contributed by atoms with van der Waals surface area (Å²) in [7, 11) is 0. The minimum Gasteiger partial charge on any atom is -0.473 e. The Morgan fingerprint density at radius 2 is 1.64 bits per heavy atom. The average Bonchev–Trinajstić information content (AvgIpc) is 1.84. The van der Waals surface area contributed by atoms with E-state index in [0.29, 0.717) is 0 Å². The predicted octanol–water partition coefficient (Wildman–Crippen LogP) is -0.902. The van der Waals surface area contributed by atoms with Gasteiger partial charge < -0.3 is 10.2 Å². The van der Waals surface area contributed by atoms with Gasteiger partial charge in [0, 0.05) is 0 Å². The molecular weight excluding hydrogens is 165 g/mol. The van der Waals surface area contributed by atoms with Gasteiger partial charge in [-0.1, -0.05) is 0 Å². The van der Waals surface area contributed by atoms with Crippen LogP contribution in [0.2, 0.25) is 0 Å². The normalized spacial score (nSPS) is 10.6. The van der Waals surface area contributed by atoms with Gasteiger partial charge in [-0.2, -0.15) is 0 Å². The van der Waals surface area contributed by atoms with Gasteiger partial charge in [0.1, 0.15) is 0 Å². The van der Waals surface area contributed by atoms with Crippen LogP contribution in [0.15, 0.2) is 0 Å². The van der Waals surface area contributed by atoms with Crippen molar-refractivity contribution in [1.29, 1.82) is 0 Å². The van der Waals surface area contributed by atoms with Crippen molar-refractivity contribution >= 4 is 11.9 Å². The first-order valence-electron chi connectivity index (χ1n) is 2.13. The topological polar surface area (TPSA) is 118 Å². The number of hydrogen-bond acceptors (Lipinski definition) is 4. The average molecular weight is 167 g/mol. The van der Waals surface area contributed by atoms with Crippen LogP contribution in [-0.2, 0) is 9.59 Å². The van der Waals surface area contributed by atoms with Gasteiger partial charge in [0.2, 0.25) is 0 Å². The number of alkyl halides is 1. The van der Waals surface area contributed by atoms with E-state index in [4.69, 9.17) is 10.2 Å². The number of halogens is 1. The Labute approximate surface area is 58.2 Å². The first kappa shape index (κ1) is 9.27. The maximum Gasteiger partial charge on any atom is 0.551 e. The summed E-state index contributed by atoms with van der Waals surface area (Å²) < 4.78 is 12.3. The number of carbonyl (C=O) groups is 2. The zero-order valence-electron chi connectivity index (χ0n) is 4.85. The highest BCUT2D eigenvalue weighted by Crippen LogP contribution is 2.11. The first-order chi connectivity index (χ1) is 4.83. The molecule has 0 fully saturated rings. The minimum atomic E-state index is -4.44. The molecule has 0 aliphatic carbocycles. The summed E-state index contributed by atoms with van der Waals surface area (Å²) in [6.07, 6.45) is 0. The standard InChI is InChI=1S/C3H2FNO6/c4-3(1(6)7,2(8)9)5(10)11/h(H,6,7)(H,8,9). The summed E-state index contributed by atoms with van der Waals surface area (Å²) >= 11 is 0. The van der Waals surface area contributed by atoms with E-state index in [1.165, 1.54) is 0 Å². The highest BCUT2D eigenvalue weighted by atomic mass is 19.1. The van der Waals surface area contributed by atoms with Gasteiger partial charge in [-0.05, 0) is 0 Å². The first-order valence-corrected chi connectivity index (χ1v) is 2.13. The maximum atomic E-state index is 12.3. The highest BCUT2D eigenvalue weighted by Gasteiger charge is 2.61. The number of nitrogens with zero attached hydrogens (tertiary/aromatic N) is 1. The van der Waals surface area contributed by atoms with Crippen LogP contribution in [0.3, 0.4) is 0 Å². The summed E-state index contributed by atoms with van der Waals surface area (Å²) in [5.74, 6) is -9.76. The smallest absolute Gasteiger partial charge is 0.473 e. The lowest BCUT2D eigenvalue weighted by Crippen LogP contribution is -2.49. The van der Waals surface area contributed by atoms with Crippen molar-refractivity contribution < 1.29 is 29.1 Å². The Morgan fingerprint density at radius 3 is 1.64 bits per heavy atom. The Kier molecular flexibility index (Phi) is 2.09. The molecule has 0 radical (unpaired) electrons. The number of hydrogen-bond donors (Lipinski definition) is 2. The van der Waals surface area contributed by atoms with E-state index < -0.39 is 22.7 Å². The van der Waals surface area contributed by atoms with E-state index in [-0.39, 0.29) is 0 Å². The van der Waals surface area contributed by atoms with E-state index in [1.807, 2.05) is 0 Å². The van der Waals surface area contributed by atoms with Gasteiger partial charge in [-0.25, -0.2) is 9.59 Å². The van der Waals surface area contributed by atoms with Gasteiger partial charge in [-0.15, -0.1) is 4.39 Å². The molecule has 8 heteroatoms. The van der Waals surface area contributed by atoms with Gasteiger partial charge in [-0.3, -0.25) is 10.1 Å². The zero-order chi connectivity index (χ0) is 9.23. The zero-order valence-corrected chi connectivity index (χ0v) is 4.85. The molecule has 0 rings (SSSR count). The lowest BCUT2D eigenvalue weighted by atomic mass is 10.3. The summed E-state index contributed by atoms with van der Waals surface area (Å²) in [5, 5.41) is 25.1. The Morgan fingerprint density at radius 1 is 1.36 bits per heavy atom. The Balaban J connectivity index is 4.99. The third-order valence-electron chi connectivity index (χ3n) is 0.818. The van der Waals surface area contributed by atoms with E-state index in [1.54, 1.807) is 0 Å². The van der Waals surface area contributed by atoms with E-state index >= 15 is 0 Å². The third-order valence-corrected chi connectivity index (χ3v) is 0.818. The third kappa shape index (κ3) is 1.23. The van der Waals surface area contributed by atoms with Crippen molar-refractivity contribution in [3.05, 3.63) is 10.1 Å². The van der Waals surface area contributed by atoms with Crippen LogP contribution in [0.5, 0.6) is 0 Å². The molecule has 0 aromatic rings. The van der Waals surface area contributed by atoms with Crippen molar-refractivity contribution in [3.63, 3.8) is 0 Å². The SMILES string of the molecule is O=C(O)C(F)(C(=O)O)[N+](=O)[O-]. The summed E-state index contributed by atoms with van der Waals surface area (Å²) in [6, 6.07) is 0. The van der Waals surface area contributed by atoms with Crippen molar-refractivity contribution in [1.82, 2.24) is 0 Å². The fraction of sp³-hybridized carbons (Fsp3) is 0.333. The van der Waals surface area contributed by atoms with Crippen LogP contribution in [0.1, 0.15) is 0 Å². The van der Waals surface area contributed by atoms with Crippen molar-refractivity contribution in [2.45, 2.75) is 5.79 Å². The molecule has 0 aliphatic rings. The largest absolute Gasteiger partial charge is 0.551 e. The van der Waals surface area contributed by atoms with E-state index in [0.717, 1.165) is 0 Å². The Bertz CT molecular complexity index is 188. The second kappa shape index (κ2) is 2.48. The lowest BCUT2D eigenvalue weighted by Gasteiger charge is -2.04. The summed E-state index contributed by atoms with van der Waals surface area (Å²) in [6.45, 7) is 0. The van der Waals surface area contributed by atoms with Crippen molar-refractivity contribution in [2.24, 2.45) is 0 Å². The molecule has 0 aromatic carbocycles. The molecule has 0 amide bonds. The minimum absolute atomic E-state index is 2.03.